The zero-order valence-corrected chi connectivity index (χ0v) is 16.7. The van der Waals surface area contributed by atoms with Crippen LogP contribution in [0.1, 0.15) is 17.9 Å². The molecule has 0 aromatic heterocycles. The molecule has 1 saturated carbocycles. The van der Waals surface area contributed by atoms with Crippen molar-refractivity contribution in [3.63, 3.8) is 0 Å². The van der Waals surface area contributed by atoms with Gasteiger partial charge in [-0.15, -0.1) is 24.0 Å². The van der Waals surface area contributed by atoms with Crippen molar-refractivity contribution in [1.82, 2.24) is 0 Å². The third-order valence-corrected chi connectivity index (χ3v) is 4.09. The standard InChI is InChI=1S/C18H19F2N3O2.HI/c1-24-15-7-6-10(8-16(15)25-2)22-18(21)23-14-9-11(14)17-12(19)4-3-5-13(17)20;/h3-8,11,14H,9H2,1-2H3,(H3,21,22,23);1H. The Kier molecular flexibility index (Phi) is 6.63. The Morgan fingerprint density at radius 2 is 1.77 bits per heavy atom. The molecular formula is C18H20F2IN3O2. The number of rotatable bonds is 5. The number of guanidine groups is 1. The molecule has 8 heteroatoms. The summed E-state index contributed by atoms with van der Waals surface area (Å²) in [6, 6.07) is 8.85. The molecule has 0 aliphatic heterocycles. The number of aliphatic imine (C=N–C) groups is 1. The van der Waals surface area contributed by atoms with Crippen molar-refractivity contribution in [2.24, 2.45) is 10.7 Å². The van der Waals surface area contributed by atoms with Crippen LogP contribution in [0, 0.1) is 11.6 Å². The van der Waals surface area contributed by atoms with Crippen LogP contribution in [0.5, 0.6) is 11.5 Å². The normalized spacial score (nSPS) is 18.7. The Hall–Kier alpha value is -2.10. The summed E-state index contributed by atoms with van der Waals surface area (Å²) in [7, 11) is 3.09. The first-order valence-corrected chi connectivity index (χ1v) is 7.79. The first kappa shape index (κ1) is 20.2. The Bertz CT molecular complexity index is 797. The van der Waals surface area contributed by atoms with Gasteiger partial charge < -0.3 is 20.5 Å². The van der Waals surface area contributed by atoms with Crippen LogP contribution in [0.25, 0.3) is 0 Å². The van der Waals surface area contributed by atoms with Crippen LogP contribution in [0.4, 0.5) is 14.5 Å². The predicted octanol–water partition coefficient (Wildman–Crippen LogP) is 3.88. The average Bonchev–Trinajstić information content (AvgIpc) is 3.32. The number of nitrogens with one attached hydrogen (secondary N) is 1. The molecule has 2 atom stereocenters. The van der Waals surface area contributed by atoms with Crippen molar-refractivity contribution >= 4 is 35.6 Å². The van der Waals surface area contributed by atoms with Gasteiger partial charge in [0.25, 0.3) is 0 Å². The van der Waals surface area contributed by atoms with E-state index in [1.54, 1.807) is 25.3 Å². The van der Waals surface area contributed by atoms with E-state index in [0.29, 0.717) is 23.6 Å². The lowest BCUT2D eigenvalue weighted by atomic mass is 10.1. The fourth-order valence-electron chi connectivity index (χ4n) is 2.77. The number of hydrogen-bond acceptors (Lipinski definition) is 3. The van der Waals surface area contributed by atoms with Crippen LogP contribution in [0.15, 0.2) is 41.4 Å². The van der Waals surface area contributed by atoms with Gasteiger partial charge in [-0.25, -0.2) is 13.8 Å². The fourth-order valence-corrected chi connectivity index (χ4v) is 2.77. The minimum absolute atomic E-state index is 0. The molecule has 1 aliphatic carbocycles. The summed E-state index contributed by atoms with van der Waals surface area (Å²) in [4.78, 5) is 4.30. The van der Waals surface area contributed by atoms with Gasteiger partial charge in [-0.05, 0) is 30.7 Å². The maximum absolute atomic E-state index is 13.8. The van der Waals surface area contributed by atoms with E-state index in [4.69, 9.17) is 15.2 Å². The number of ether oxygens (including phenoxy) is 2. The second kappa shape index (κ2) is 8.52. The average molecular weight is 475 g/mol. The second-order valence-corrected chi connectivity index (χ2v) is 5.75. The van der Waals surface area contributed by atoms with E-state index in [1.165, 1.54) is 25.3 Å². The molecule has 0 spiro atoms. The number of methoxy groups -OCH3 is 2. The number of hydrogen-bond donors (Lipinski definition) is 2. The third-order valence-electron chi connectivity index (χ3n) is 4.09. The Morgan fingerprint density at radius 3 is 2.38 bits per heavy atom. The van der Waals surface area contributed by atoms with Crippen LogP contribution >= 0.6 is 24.0 Å². The molecule has 5 nitrogen and oxygen atoms in total. The van der Waals surface area contributed by atoms with Crippen LogP contribution in [-0.2, 0) is 0 Å². The van der Waals surface area contributed by atoms with Gasteiger partial charge in [-0.2, -0.15) is 0 Å². The van der Waals surface area contributed by atoms with Crippen molar-refractivity contribution in [2.75, 3.05) is 19.5 Å². The van der Waals surface area contributed by atoms with E-state index in [1.807, 2.05) is 0 Å². The van der Waals surface area contributed by atoms with Crippen LogP contribution in [0.2, 0.25) is 0 Å². The van der Waals surface area contributed by atoms with E-state index >= 15 is 0 Å². The molecule has 2 aromatic rings. The van der Waals surface area contributed by atoms with Gasteiger partial charge >= 0.3 is 0 Å². The molecular weight excluding hydrogens is 455 g/mol. The first-order chi connectivity index (χ1) is 12.0. The van der Waals surface area contributed by atoms with E-state index in [9.17, 15) is 8.78 Å². The summed E-state index contributed by atoms with van der Waals surface area (Å²) < 4.78 is 38.0. The summed E-state index contributed by atoms with van der Waals surface area (Å²) in [5, 5.41) is 2.95. The number of benzene rings is 2. The summed E-state index contributed by atoms with van der Waals surface area (Å²) in [6.45, 7) is 0. The van der Waals surface area contributed by atoms with Gasteiger partial charge in [0.2, 0.25) is 0 Å². The molecule has 1 aliphatic rings. The number of nitrogens with zero attached hydrogens (tertiary/aromatic N) is 1. The molecule has 3 rings (SSSR count). The maximum Gasteiger partial charge on any atom is 0.193 e. The van der Waals surface area contributed by atoms with Gasteiger partial charge in [0.1, 0.15) is 11.6 Å². The quantitative estimate of drug-likeness (QED) is 0.392. The summed E-state index contributed by atoms with van der Waals surface area (Å²) >= 11 is 0. The molecule has 0 heterocycles. The lowest BCUT2D eigenvalue weighted by Gasteiger charge is -2.11. The smallest absolute Gasteiger partial charge is 0.193 e. The minimum atomic E-state index is -0.547. The topological polar surface area (TPSA) is 68.9 Å². The number of halogens is 3. The monoisotopic (exact) mass is 475 g/mol. The van der Waals surface area contributed by atoms with E-state index < -0.39 is 11.6 Å². The fraction of sp³-hybridized carbons (Fsp3) is 0.278. The molecule has 2 unspecified atom stereocenters. The third kappa shape index (κ3) is 4.35. The van der Waals surface area contributed by atoms with Crippen molar-refractivity contribution in [2.45, 2.75) is 18.4 Å². The molecule has 0 saturated heterocycles. The van der Waals surface area contributed by atoms with Crippen molar-refractivity contribution in [1.29, 1.82) is 0 Å². The highest BCUT2D eigenvalue weighted by Crippen LogP contribution is 2.45. The van der Waals surface area contributed by atoms with Gasteiger partial charge in [0.05, 0.1) is 20.3 Å². The molecule has 2 aromatic carbocycles. The lowest BCUT2D eigenvalue weighted by Crippen LogP contribution is -2.23. The second-order valence-electron chi connectivity index (χ2n) is 5.75. The van der Waals surface area contributed by atoms with Gasteiger partial charge in [0.15, 0.2) is 17.5 Å². The molecule has 1 fully saturated rings. The van der Waals surface area contributed by atoms with Crippen LogP contribution in [0.3, 0.4) is 0 Å². The van der Waals surface area contributed by atoms with Crippen molar-refractivity contribution < 1.29 is 18.3 Å². The SMILES string of the molecule is COc1ccc(NC(N)=NC2CC2c2c(F)cccc2F)cc1OC.I. The highest BCUT2D eigenvalue weighted by molar-refractivity contribution is 14.0. The predicted molar refractivity (Wildman–Crippen MR) is 108 cm³/mol. The largest absolute Gasteiger partial charge is 0.493 e. The molecule has 3 N–H and O–H groups in total. The van der Waals surface area contributed by atoms with Crippen LogP contribution in [-0.4, -0.2) is 26.2 Å². The number of nitrogens with two attached hydrogens (primary N) is 1. The Morgan fingerprint density at radius 1 is 1.12 bits per heavy atom. The molecule has 0 amide bonds. The van der Waals surface area contributed by atoms with E-state index in [0.717, 1.165) is 0 Å². The minimum Gasteiger partial charge on any atom is -0.493 e. The first-order valence-electron chi connectivity index (χ1n) is 7.79. The zero-order valence-electron chi connectivity index (χ0n) is 14.3. The number of anilines is 1. The highest BCUT2D eigenvalue weighted by Gasteiger charge is 2.42. The zero-order chi connectivity index (χ0) is 18.0. The van der Waals surface area contributed by atoms with Gasteiger partial charge in [-0.1, -0.05) is 6.07 Å². The summed E-state index contributed by atoms with van der Waals surface area (Å²) in [6.07, 6.45) is 0.562. The lowest BCUT2D eigenvalue weighted by molar-refractivity contribution is 0.355. The van der Waals surface area contributed by atoms with E-state index in [-0.39, 0.29) is 47.5 Å². The maximum atomic E-state index is 13.8. The summed E-state index contributed by atoms with van der Waals surface area (Å²) in [5.41, 5.74) is 6.66. The molecule has 0 radical (unpaired) electrons. The van der Waals surface area contributed by atoms with Gasteiger partial charge in [-0.3, -0.25) is 0 Å². The molecule has 140 valence electrons. The van der Waals surface area contributed by atoms with Crippen molar-refractivity contribution in [3.05, 3.63) is 53.6 Å². The molecule has 0 bridgehead atoms. The van der Waals surface area contributed by atoms with E-state index in [2.05, 4.69) is 10.3 Å². The summed E-state index contributed by atoms with van der Waals surface area (Å²) in [5.74, 6) is -0.0504. The highest BCUT2D eigenvalue weighted by atomic mass is 127. The van der Waals surface area contributed by atoms with Gasteiger partial charge in [0, 0.05) is 23.2 Å². The Balaban J connectivity index is 0.00000243. The van der Waals surface area contributed by atoms with Crippen LogP contribution < -0.4 is 20.5 Å². The molecule has 26 heavy (non-hydrogen) atoms. The van der Waals surface area contributed by atoms with Crippen molar-refractivity contribution in [3.8, 4) is 11.5 Å². The Labute approximate surface area is 167 Å².